The second kappa shape index (κ2) is 8.77. The number of nitrogens with one attached hydrogen (secondary N) is 2. The molecule has 2 bridgehead atoms. The minimum atomic E-state index is -0.274. The van der Waals surface area contributed by atoms with E-state index in [4.69, 9.17) is 4.74 Å². The number of hydrogen-bond acceptors (Lipinski definition) is 5. The smallest absolute Gasteiger partial charge is 0.346 e. The van der Waals surface area contributed by atoms with Crippen molar-refractivity contribution in [3.63, 3.8) is 0 Å². The Hall–Kier alpha value is -3.23. The van der Waals surface area contributed by atoms with E-state index in [9.17, 15) is 4.39 Å². The molecule has 0 unspecified atom stereocenters. The predicted octanol–water partition coefficient (Wildman–Crippen LogP) is 3.88. The van der Waals surface area contributed by atoms with Gasteiger partial charge in [-0.05, 0) is 68.6 Å². The number of aromatic nitrogens is 5. The van der Waals surface area contributed by atoms with Crippen LogP contribution in [0.5, 0.6) is 0 Å². The van der Waals surface area contributed by atoms with Gasteiger partial charge in [-0.2, -0.15) is 0 Å². The zero-order chi connectivity index (χ0) is 23.9. The van der Waals surface area contributed by atoms with Gasteiger partial charge in [0.25, 0.3) is 0 Å². The zero-order valence-corrected chi connectivity index (χ0v) is 19.9. The van der Waals surface area contributed by atoms with E-state index in [2.05, 4.69) is 31.6 Å². The van der Waals surface area contributed by atoms with Gasteiger partial charge in [-0.15, -0.1) is 4.68 Å². The zero-order valence-electron chi connectivity index (χ0n) is 19.9. The van der Waals surface area contributed by atoms with Crippen LogP contribution >= 0.6 is 0 Å². The number of aromatic amines is 1. The van der Waals surface area contributed by atoms with E-state index < -0.39 is 0 Å². The van der Waals surface area contributed by atoms with Crippen molar-refractivity contribution in [3.8, 4) is 5.82 Å². The number of halogens is 1. The Balaban J connectivity index is 1.09. The fourth-order valence-electron chi connectivity index (χ4n) is 5.51. The second-order valence-electron chi connectivity index (χ2n) is 10.0. The van der Waals surface area contributed by atoms with Crippen LogP contribution in [0.25, 0.3) is 16.9 Å². The molecule has 4 aromatic rings. The normalized spacial score (nSPS) is 23.7. The Morgan fingerprint density at radius 1 is 1.14 bits per heavy atom. The SMILES string of the molecule is Cc1ccc2ncc(F)c(CCC34CCC(NCc5c[nH][n+](-c6ccccn6)c5)(CC3)CO4)c2n1. The Kier molecular flexibility index (Phi) is 5.57. The van der Waals surface area contributed by atoms with Crippen molar-refractivity contribution in [2.75, 3.05) is 6.61 Å². The first-order valence-electron chi connectivity index (χ1n) is 12.3. The molecule has 4 aromatic heterocycles. The summed E-state index contributed by atoms with van der Waals surface area (Å²) in [4.78, 5) is 13.2. The van der Waals surface area contributed by atoms with Crippen molar-refractivity contribution in [1.29, 1.82) is 0 Å². The molecular formula is C27H30FN6O+. The van der Waals surface area contributed by atoms with Gasteiger partial charge in [0.2, 0.25) is 0 Å². The van der Waals surface area contributed by atoms with Crippen LogP contribution in [0, 0.1) is 12.7 Å². The number of H-pyrrole nitrogens is 1. The maximum absolute atomic E-state index is 14.7. The summed E-state index contributed by atoms with van der Waals surface area (Å²) >= 11 is 0. The van der Waals surface area contributed by atoms with Crippen molar-refractivity contribution in [3.05, 3.63) is 77.8 Å². The van der Waals surface area contributed by atoms with E-state index in [1.54, 1.807) is 6.20 Å². The van der Waals surface area contributed by atoms with Crippen molar-refractivity contribution >= 4 is 11.0 Å². The monoisotopic (exact) mass is 473 g/mol. The van der Waals surface area contributed by atoms with Crippen LogP contribution in [0.3, 0.4) is 0 Å². The molecule has 7 rings (SSSR count). The molecule has 7 nitrogen and oxygen atoms in total. The molecule has 3 aliphatic rings. The molecule has 35 heavy (non-hydrogen) atoms. The molecule has 2 aliphatic heterocycles. The Labute approximate surface area is 203 Å². The van der Waals surface area contributed by atoms with Crippen LogP contribution in [0.1, 0.15) is 48.9 Å². The van der Waals surface area contributed by atoms with Crippen LogP contribution in [-0.2, 0) is 17.7 Å². The molecule has 8 heteroatoms. The highest BCUT2D eigenvalue weighted by Crippen LogP contribution is 2.46. The van der Waals surface area contributed by atoms with Crippen molar-refractivity contribution in [2.24, 2.45) is 0 Å². The molecule has 1 aliphatic carbocycles. The van der Waals surface area contributed by atoms with Crippen molar-refractivity contribution in [2.45, 2.75) is 63.1 Å². The first-order valence-corrected chi connectivity index (χ1v) is 12.3. The number of rotatable bonds is 7. The fourth-order valence-corrected chi connectivity index (χ4v) is 5.51. The molecular weight excluding hydrogens is 443 g/mol. The van der Waals surface area contributed by atoms with E-state index >= 15 is 0 Å². The maximum atomic E-state index is 14.7. The summed E-state index contributed by atoms with van der Waals surface area (Å²) < 4.78 is 23.1. The van der Waals surface area contributed by atoms with Gasteiger partial charge in [0.1, 0.15) is 18.2 Å². The summed E-state index contributed by atoms with van der Waals surface area (Å²) in [7, 11) is 0. The molecule has 2 N–H and O–H groups in total. The summed E-state index contributed by atoms with van der Waals surface area (Å²) in [5.41, 5.74) is 3.96. The first-order chi connectivity index (χ1) is 17.0. The second-order valence-corrected chi connectivity index (χ2v) is 10.0. The van der Waals surface area contributed by atoms with Crippen molar-refractivity contribution < 1.29 is 13.8 Å². The Morgan fingerprint density at radius 2 is 2.03 bits per heavy atom. The lowest BCUT2D eigenvalue weighted by atomic mass is 9.69. The quantitative estimate of drug-likeness (QED) is 0.398. The van der Waals surface area contributed by atoms with Gasteiger partial charge in [0.15, 0.2) is 0 Å². The molecule has 0 atom stereocenters. The summed E-state index contributed by atoms with van der Waals surface area (Å²) in [6.45, 7) is 3.39. The topological polar surface area (TPSA) is 79.6 Å². The van der Waals surface area contributed by atoms with Crippen LogP contribution in [0.2, 0.25) is 0 Å². The molecule has 3 fully saturated rings. The highest BCUT2D eigenvalue weighted by Gasteiger charge is 2.49. The number of ether oxygens (including phenoxy) is 1. The molecule has 0 amide bonds. The largest absolute Gasteiger partial charge is 0.373 e. The summed E-state index contributed by atoms with van der Waals surface area (Å²) in [5.74, 6) is 0.591. The Bertz CT molecular complexity index is 1320. The van der Waals surface area contributed by atoms with Gasteiger partial charge in [0, 0.05) is 41.2 Å². The number of nitrogens with zero attached hydrogens (tertiary/aromatic N) is 4. The Morgan fingerprint density at radius 3 is 2.80 bits per heavy atom. The molecule has 0 spiro atoms. The third-order valence-electron chi connectivity index (χ3n) is 7.76. The van der Waals surface area contributed by atoms with Crippen molar-refractivity contribution in [1.82, 2.24) is 25.4 Å². The number of hydrogen-bond donors (Lipinski definition) is 2. The predicted molar refractivity (Wildman–Crippen MR) is 129 cm³/mol. The van der Waals surface area contributed by atoms with E-state index in [1.807, 2.05) is 48.1 Å². The van der Waals surface area contributed by atoms with E-state index in [-0.39, 0.29) is 17.0 Å². The first kappa shape index (κ1) is 22.2. The van der Waals surface area contributed by atoms with Crippen LogP contribution in [0.4, 0.5) is 4.39 Å². The van der Waals surface area contributed by atoms with Gasteiger partial charge in [-0.25, -0.2) is 9.49 Å². The molecule has 0 radical (unpaired) electrons. The van der Waals surface area contributed by atoms with Gasteiger partial charge >= 0.3 is 5.82 Å². The summed E-state index contributed by atoms with van der Waals surface area (Å²) in [5, 5.41) is 7.03. The highest BCUT2D eigenvalue weighted by atomic mass is 19.1. The summed E-state index contributed by atoms with van der Waals surface area (Å²) in [6, 6.07) is 9.69. The minimum Gasteiger partial charge on any atom is -0.373 e. The lowest BCUT2D eigenvalue weighted by Crippen LogP contribution is -2.61. The third kappa shape index (κ3) is 4.32. The molecule has 180 valence electrons. The van der Waals surface area contributed by atoms with E-state index in [0.717, 1.165) is 55.7 Å². The average Bonchev–Trinajstić information content (AvgIpc) is 3.38. The lowest BCUT2D eigenvalue weighted by Gasteiger charge is -2.53. The van der Waals surface area contributed by atoms with Crippen LogP contribution < -0.4 is 10.00 Å². The van der Waals surface area contributed by atoms with Gasteiger partial charge < -0.3 is 10.1 Å². The van der Waals surface area contributed by atoms with Gasteiger partial charge in [-0.1, -0.05) is 6.07 Å². The maximum Gasteiger partial charge on any atom is 0.346 e. The molecule has 1 saturated carbocycles. The third-order valence-corrected chi connectivity index (χ3v) is 7.76. The highest BCUT2D eigenvalue weighted by molar-refractivity contribution is 5.77. The minimum absolute atomic E-state index is 0.00211. The number of fused-ring (bicyclic) bond motifs is 4. The molecule has 6 heterocycles. The van der Waals surface area contributed by atoms with Crippen LogP contribution in [0.15, 0.2) is 55.1 Å². The lowest BCUT2D eigenvalue weighted by molar-refractivity contribution is -0.659. The van der Waals surface area contributed by atoms with E-state index in [0.29, 0.717) is 24.1 Å². The van der Waals surface area contributed by atoms with Gasteiger partial charge in [-0.3, -0.25) is 9.97 Å². The van der Waals surface area contributed by atoms with E-state index in [1.165, 1.54) is 11.8 Å². The molecule has 0 aromatic carbocycles. The molecule has 2 saturated heterocycles. The van der Waals surface area contributed by atoms with Crippen LogP contribution in [-0.4, -0.2) is 37.8 Å². The fraction of sp³-hybridized carbons (Fsp3) is 0.407. The standard InChI is InChI=1S/C27H29FN6O/c1-19-5-6-23-25(33-19)21(22(28)16-30-23)7-8-27-11-9-26(10-12-27,18-35-27)31-14-20-15-32-34(17-20)24-4-2-3-13-29-24/h2-6,13,15-17,31H,7-12,14,18H2,1H3/p+1. The average molecular weight is 474 g/mol. The van der Waals surface area contributed by atoms with Gasteiger partial charge in [0.05, 0.1) is 29.4 Å². The number of aryl methyl sites for hydroxylation is 2. The number of pyridine rings is 3. The summed E-state index contributed by atoms with van der Waals surface area (Å²) in [6.07, 6.45) is 12.7.